The molecule has 0 bridgehead atoms. The Morgan fingerprint density at radius 1 is 0.321 bits per heavy atom. The van der Waals surface area contributed by atoms with E-state index in [0.717, 1.165) is 50.1 Å². The molecule has 0 amide bonds. The lowest BCUT2D eigenvalue weighted by molar-refractivity contribution is 0.766. The summed E-state index contributed by atoms with van der Waals surface area (Å²) in [4.78, 5) is 5.91. The highest BCUT2D eigenvalue weighted by atomic mass is 15.5. The van der Waals surface area contributed by atoms with Crippen LogP contribution in [0.4, 0.5) is 0 Å². The lowest BCUT2D eigenvalue weighted by Gasteiger charge is -2.10. The van der Waals surface area contributed by atoms with Gasteiger partial charge in [0.05, 0.1) is 5.69 Å². The Balaban J connectivity index is 1.05. The molecule has 0 aliphatic carbocycles. The summed E-state index contributed by atoms with van der Waals surface area (Å²) in [7, 11) is 0. The van der Waals surface area contributed by atoms with Crippen LogP contribution in [0.25, 0.3) is 93.9 Å². The minimum absolute atomic E-state index is 0.841. The van der Waals surface area contributed by atoms with E-state index in [1.807, 2.05) is 24.5 Å². The third-order valence-corrected chi connectivity index (χ3v) is 10.2. The smallest absolute Gasteiger partial charge is 0.121 e. The second-order valence-electron chi connectivity index (χ2n) is 13.4. The lowest BCUT2D eigenvalue weighted by atomic mass is 9.94. The molecule has 8 aromatic carbocycles. The van der Waals surface area contributed by atoms with Crippen molar-refractivity contribution in [2.45, 2.75) is 0 Å². The predicted molar refractivity (Wildman–Crippen MR) is 219 cm³/mol. The summed E-state index contributed by atoms with van der Waals surface area (Å²) in [5.74, 6) is 0. The minimum atomic E-state index is 0.841. The van der Waals surface area contributed by atoms with Gasteiger partial charge >= 0.3 is 0 Å². The van der Waals surface area contributed by atoms with Crippen molar-refractivity contribution in [3.63, 3.8) is 0 Å². The number of aromatic nitrogens is 4. The first-order valence-electron chi connectivity index (χ1n) is 17.8. The van der Waals surface area contributed by atoms with Crippen molar-refractivity contribution < 1.29 is 0 Å². The summed E-state index contributed by atoms with van der Waals surface area (Å²) in [5, 5.41) is 15.1. The van der Waals surface area contributed by atoms with E-state index in [1.54, 1.807) is 4.80 Å². The van der Waals surface area contributed by atoms with E-state index in [1.165, 1.54) is 43.8 Å². The Labute approximate surface area is 307 Å². The minimum Gasteiger partial charge on any atom is -0.265 e. The van der Waals surface area contributed by atoms with Crippen molar-refractivity contribution >= 4 is 32.6 Å². The summed E-state index contributed by atoms with van der Waals surface area (Å²) in [6.07, 6.45) is 3.63. The first kappa shape index (κ1) is 30.6. The molecule has 0 spiro atoms. The second kappa shape index (κ2) is 12.9. The van der Waals surface area contributed by atoms with E-state index in [0.29, 0.717) is 0 Å². The van der Waals surface area contributed by atoms with Crippen LogP contribution >= 0.6 is 0 Å². The van der Waals surface area contributed by atoms with Gasteiger partial charge in [0, 0.05) is 18.0 Å². The summed E-state index contributed by atoms with van der Waals surface area (Å²) in [5.41, 5.74) is 14.0. The van der Waals surface area contributed by atoms with Gasteiger partial charge in [0.25, 0.3) is 0 Å². The van der Waals surface area contributed by atoms with Gasteiger partial charge in [-0.25, -0.2) is 0 Å². The summed E-state index contributed by atoms with van der Waals surface area (Å²) in [6.45, 7) is 0. The Bertz CT molecular complexity index is 2910. The highest BCUT2D eigenvalue weighted by molar-refractivity contribution is 5.96. The molecule has 4 nitrogen and oxygen atoms in total. The zero-order valence-corrected chi connectivity index (χ0v) is 28.8. The number of rotatable bonds is 6. The maximum absolute atomic E-state index is 5.09. The molecule has 0 fully saturated rings. The fourth-order valence-corrected chi connectivity index (χ4v) is 7.29. The maximum Gasteiger partial charge on any atom is 0.121 e. The van der Waals surface area contributed by atoms with E-state index in [4.69, 9.17) is 10.2 Å². The lowest BCUT2D eigenvalue weighted by Crippen LogP contribution is -1.98. The van der Waals surface area contributed by atoms with Crippen LogP contribution in [0, 0.1) is 0 Å². The van der Waals surface area contributed by atoms with Crippen LogP contribution in [-0.2, 0) is 0 Å². The number of nitrogens with zero attached hydrogens (tertiary/aromatic N) is 4. The van der Waals surface area contributed by atoms with Crippen LogP contribution in [0.15, 0.2) is 194 Å². The summed E-state index contributed by atoms with van der Waals surface area (Å²) < 4.78 is 0. The van der Waals surface area contributed by atoms with Gasteiger partial charge in [-0.1, -0.05) is 133 Å². The van der Waals surface area contributed by atoms with E-state index in [-0.39, 0.29) is 0 Å². The Morgan fingerprint density at radius 3 is 1.36 bits per heavy atom. The van der Waals surface area contributed by atoms with Crippen LogP contribution in [0.1, 0.15) is 0 Å². The molecular formula is C49H32N4. The van der Waals surface area contributed by atoms with Gasteiger partial charge in [-0.3, -0.25) is 4.98 Å². The van der Waals surface area contributed by atoms with Crippen LogP contribution in [0.3, 0.4) is 0 Å². The van der Waals surface area contributed by atoms with Gasteiger partial charge in [0.2, 0.25) is 0 Å². The number of pyridine rings is 1. The highest BCUT2D eigenvalue weighted by Gasteiger charge is 2.15. The number of hydrogen-bond acceptors (Lipinski definition) is 3. The van der Waals surface area contributed by atoms with Crippen molar-refractivity contribution in [2.75, 3.05) is 0 Å². The Morgan fingerprint density at radius 2 is 0.774 bits per heavy atom. The molecule has 4 heteroatoms. The zero-order valence-electron chi connectivity index (χ0n) is 28.8. The number of hydrogen-bond donors (Lipinski definition) is 0. The molecule has 0 N–H and O–H groups in total. The van der Waals surface area contributed by atoms with Crippen molar-refractivity contribution in [2.24, 2.45) is 0 Å². The van der Waals surface area contributed by atoms with Crippen molar-refractivity contribution in [3.8, 4) is 61.3 Å². The van der Waals surface area contributed by atoms with Crippen molar-refractivity contribution in [1.82, 2.24) is 20.0 Å². The third kappa shape index (κ3) is 5.82. The average molecular weight is 677 g/mol. The van der Waals surface area contributed by atoms with E-state index < -0.39 is 0 Å². The Kier molecular flexibility index (Phi) is 7.43. The van der Waals surface area contributed by atoms with Crippen LogP contribution in [0.5, 0.6) is 0 Å². The molecule has 2 aromatic heterocycles. The fourth-order valence-electron chi connectivity index (χ4n) is 7.29. The number of fused-ring (bicyclic) bond motifs is 3. The van der Waals surface area contributed by atoms with Crippen LogP contribution < -0.4 is 0 Å². The average Bonchev–Trinajstić information content (AvgIpc) is 3.68. The molecule has 248 valence electrons. The molecule has 0 radical (unpaired) electrons. The third-order valence-electron chi connectivity index (χ3n) is 10.2. The van der Waals surface area contributed by atoms with Gasteiger partial charge < -0.3 is 0 Å². The first-order valence-corrected chi connectivity index (χ1v) is 17.8. The van der Waals surface area contributed by atoms with Crippen molar-refractivity contribution in [3.05, 3.63) is 194 Å². The van der Waals surface area contributed by atoms with Crippen LogP contribution in [-0.4, -0.2) is 20.0 Å². The highest BCUT2D eigenvalue weighted by Crippen LogP contribution is 2.36. The van der Waals surface area contributed by atoms with E-state index in [2.05, 4.69) is 175 Å². The molecule has 0 saturated carbocycles. The van der Waals surface area contributed by atoms with Gasteiger partial charge in [-0.15, -0.1) is 10.2 Å². The molecule has 53 heavy (non-hydrogen) atoms. The topological polar surface area (TPSA) is 43.6 Å². The number of benzene rings is 8. The molecule has 0 saturated heterocycles. The maximum atomic E-state index is 5.09. The van der Waals surface area contributed by atoms with Gasteiger partial charge in [0.1, 0.15) is 11.0 Å². The standard InChI is InChI=1S/C49H32N4/c1-3-7-41-29-43(19-15-33(41)5-1)36-9-11-38(12-10-36)45-31-47(40-17-13-37(14-18-40)44-20-16-34-6-2-4-8-42(34)30-44)49-48(32-45)51-53(52-49)46-23-21-35(22-24-46)39-25-27-50-28-26-39/h1-32H. The van der Waals surface area contributed by atoms with Gasteiger partial charge in [-0.05, 0) is 120 Å². The zero-order chi connectivity index (χ0) is 35.1. The molecule has 0 aliphatic rings. The molecule has 0 unspecified atom stereocenters. The van der Waals surface area contributed by atoms with E-state index in [9.17, 15) is 0 Å². The Hall–Kier alpha value is -7.17. The fraction of sp³-hybridized carbons (Fsp3) is 0. The van der Waals surface area contributed by atoms with Gasteiger partial charge in [0.15, 0.2) is 0 Å². The summed E-state index contributed by atoms with van der Waals surface area (Å²) >= 11 is 0. The molecular weight excluding hydrogens is 645 g/mol. The molecule has 10 aromatic rings. The van der Waals surface area contributed by atoms with Crippen molar-refractivity contribution in [1.29, 1.82) is 0 Å². The molecule has 2 heterocycles. The van der Waals surface area contributed by atoms with E-state index >= 15 is 0 Å². The first-order chi connectivity index (χ1) is 26.2. The SMILES string of the molecule is c1ccc2cc(-c3ccc(-c4cc(-c5ccc(-c6ccc7ccccc7c6)cc5)c5nn(-c6ccc(-c7ccncc7)cc6)nc5c4)cc3)ccc2c1. The largest absolute Gasteiger partial charge is 0.265 e. The second-order valence-corrected chi connectivity index (χ2v) is 13.4. The quantitative estimate of drug-likeness (QED) is 0.176. The molecule has 0 atom stereocenters. The normalized spacial score (nSPS) is 11.4. The monoisotopic (exact) mass is 676 g/mol. The predicted octanol–water partition coefficient (Wildman–Crippen LogP) is 12.5. The van der Waals surface area contributed by atoms with Gasteiger partial charge in [-0.2, -0.15) is 4.80 Å². The molecule has 10 rings (SSSR count). The van der Waals surface area contributed by atoms with Crippen LogP contribution in [0.2, 0.25) is 0 Å². The summed E-state index contributed by atoms with van der Waals surface area (Å²) in [6, 6.07) is 64.7. The molecule has 0 aliphatic heterocycles.